The van der Waals surface area contributed by atoms with E-state index < -0.39 is 0 Å². The summed E-state index contributed by atoms with van der Waals surface area (Å²) in [6.45, 7) is 2.05. The second kappa shape index (κ2) is 6.24. The first-order chi connectivity index (χ1) is 10.6. The van der Waals surface area contributed by atoms with E-state index >= 15 is 0 Å². The number of benzene rings is 1. The van der Waals surface area contributed by atoms with Crippen LogP contribution in [-0.4, -0.2) is 17.3 Å². The summed E-state index contributed by atoms with van der Waals surface area (Å²) in [6.07, 6.45) is 1.90. The highest BCUT2D eigenvalue weighted by Gasteiger charge is 2.33. The van der Waals surface area contributed by atoms with Crippen molar-refractivity contribution in [2.24, 2.45) is 0 Å². The molecule has 1 aromatic heterocycles. The van der Waals surface area contributed by atoms with E-state index in [1.165, 1.54) is 16.6 Å². The molecule has 0 atom stereocenters. The molecule has 0 aliphatic carbocycles. The van der Waals surface area contributed by atoms with Gasteiger partial charge in [-0.15, -0.1) is 11.3 Å². The van der Waals surface area contributed by atoms with Crippen molar-refractivity contribution >= 4 is 57.3 Å². The molecule has 3 nitrogen and oxygen atoms in total. The molecule has 1 aliphatic rings. The van der Waals surface area contributed by atoms with Crippen LogP contribution < -0.4 is 9.64 Å². The molecule has 1 fully saturated rings. The van der Waals surface area contributed by atoms with Crippen LogP contribution in [0.3, 0.4) is 0 Å². The summed E-state index contributed by atoms with van der Waals surface area (Å²) < 4.78 is 5.69. The van der Waals surface area contributed by atoms with Crippen LogP contribution >= 0.6 is 35.3 Å². The molecule has 3 rings (SSSR count). The van der Waals surface area contributed by atoms with E-state index in [0.29, 0.717) is 9.23 Å². The van der Waals surface area contributed by atoms with E-state index in [2.05, 4.69) is 0 Å². The van der Waals surface area contributed by atoms with Crippen molar-refractivity contribution in [1.82, 2.24) is 0 Å². The number of nitrogens with zero attached hydrogens (tertiary/aromatic N) is 1. The van der Waals surface area contributed by atoms with E-state index in [-0.39, 0.29) is 5.91 Å². The van der Waals surface area contributed by atoms with Crippen molar-refractivity contribution < 1.29 is 9.53 Å². The summed E-state index contributed by atoms with van der Waals surface area (Å²) in [5.74, 6) is 0.671. The van der Waals surface area contributed by atoms with E-state index in [1.54, 1.807) is 23.3 Å². The van der Waals surface area contributed by atoms with E-state index in [9.17, 15) is 4.79 Å². The third-order valence-electron chi connectivity index (χ3n) is 3.16. The van der Waals surface area contributed by atoms with Gasteiger partial charge in [0.15, 0.2) is 4.32 Å². The molecular formula is C16H13NO2S3. The normalized spacial score (nSPS) is 16.6. The average molecular weight is 347 g/mol. The molecule has 0 bridgehead atoms. The topological polar surface area (TPSA) is 29.5 Å². The number of aryl methyl sites for hydroxylation is 1. The monoisotopic (exact) mass is 347 g/mol. The van der Waals surface area contributed by atoms with Gasteiger partial charge in [0.1, 0.15) is 5.75 Å². The first-order valence-corrected chi connectivity index (χ1v) is 8.61. The lowest BCUT2D eigenvalue weighted by atomic mass is 10.2. The molecule has 112 valence electrons. The lowest BCUT2D eigenvalue weighted by Crippen LogP contribution is -2.27. The first-order valence-electron chi connectivity index (χ1n) is 6.57. The maximum absolute atomic E-state index is 12.6. The van der Waals surface area contributed by atoms with Crippen LogP contribution in [-0.2, 0) is 4.79 Å². The quantitative estimate of drug-likeness (QED) is 0.605. The van der Waals surface area contributed by atoms with E-state index in [4.69, 9.17) is 17.0 Å². The van der Waals surface area contributed by atoms with Gasteiger partial charge in [0.05, 0.1) is 17.7 Å². The number of ether oxygens (including phenoxy) is 1. The molecule has 0 spiro atoms. The number of hydrogen-bond donors (Lipinski definition) is 0. The molecule has 0 radical (unpaired) electrons. The molecule has 2 heterocycles. The Hall–Kier alpha value is -1.63. The van der Waals surface area contributed by atoms with Gasteiger partial charge in [-0.05, 0) is 49.4 Å². The van der Waals surface area contributed by atoms with Crippen molar-refractivity contribution in [1.29, 1.82) is 0 Å². The number of carbonyl (C=O) groups is 1. The van der Waals surface area contributed by atoms with Gasteiger partial charge in [0.25, 0.3) is 5.91 Å². The number of carbonyl (C=O) groups excluding carboxylic acids is 1. The predicted molar refractivity (Wildman–Crippen MR) is 97.7 cm³/mol. The summed E-state index contributed by atoms with van der Waals surface area (Å²) in [4.78, 5) is 17.1. The molecule has 1 amide bonds. The minimum absolute atomic E-state index is 0.0776. The van der Waals surface area contributed by atoms with Gasteiger partial charge in [-0.3, -0.25) is 9.69 Å². The Morgan fingerprint density at radius 2 is 1.91 bits per heavy atom. The Kier molecular flexibility index (Phi) is 4.33. The third kappa shape index (κ3) is 2.95. The van der Waals surface area contributed by atoms with Crippen LogP contribution in [0.5, 0.6) is 5.75 Å². The van der Waals surface area contributed by atoms with Crippen molar-refractivity contribution in [2.45, 2.75) is 6.92 Å². The van der Waals surface area contributed by atoms with Crippen LogP contribution in [0.4, 0.5) is 5.69 Å². The molecule has 0 saturated carbocycles. The number of anilines is 1. The molecule has 0 unspecified atom stereocenters. The van der Waals surface area contributed by atoms with E-state index in [1.807, 2.05) is 49.4 Å². The average Bonchev–Trinajstić information content (AvgIpc) is 3.03. The standard InChI is InChI=1S/C16H13NO2S3/c1-10-3-8-13(21-10)9-14-15(18)17(16(20)22-14)11-4-6-12(19-2)7-5-11/h3-9H,1-2H3/b14-9-. The Morgan fingerprint density at radius 3 is 2.50 bits per heavy atom. The number of amides is 1. The summed E-state index contributed by atoms with van der Waals surface area (Å²) in [6, 6.07) is 11.4. The summed E-state index contributed by atoms with van der Waals surface area (Å²) in [5.41, 5.74) is 0.758. The molecule has 6 heteroatoms. The third-order valence-corrected chi connectivity index (χ3v) is 5.41. The van der Waals surface area contributed by atoms with Crippen molar-refractivity contribution in [3.8, 4) is 5.75 Å². The van der Waals surface area contributed by atoms with Gasteiger partial charge >= 0.3 is 0 Å². The second-order valence-electron chi connectivity index (χ2n) is 4.66. The Labute approximate surface area is 142 Å². The van der Waals surface area contributed by atoms with E-state index in [0.717, 1.165) is 16.3 Å². The van der Waals surface area contributed by atoms with Gasteiger partial charge in [-0.1, -0.05) is 24.0 Å². The highest BCUT2D eigenvalue weighted by atomic mass is 32.2. The SMILES string of the molecule is COc1ccc(N2C(=O)/C(=C/c3ccc(C)s3)SC2=S)cc1. The summed E-state index contributed by atoms with van der Waals surface area (Å²) in [7, 11) is 1.61. The van der Waals surface area contributed by atoms with Crippen molar-refractivity contribution in [3.05, 3.63) is 51.1 Å². The zero-order valence-electron chi connectivity index (χ0n) is 12.0. The molecule has 1 aliphatic heterocycles. The fourth-order valence-electron chi connectivity index (χ4n) is 2.08. The molecule has 1 aromatic carbocycles. The summed E-state index contributed by atoms with van der Waals surface area (Å²) >= 11 is 8.35. The van der Waals surface area contributed by atoms with Gasteiger partial charge < -0.3 is 4.74 Å². The lowest BCUT2D eigenvalue weighted by Gasteiger charge is -2.14. The zero-order valence-corrected chi connectivity index (χ0v) is 14.5. The smallest absolute Gasteiger partial charge is 0.270 e. The largest absolute Gasteiger partial charge is 0.497 e. The van der Waals surface area contributed by atoms with Gasteiger partial charge in [0, 0.05) is 9.75 Å². The Morgan fingerprint density at radius 1 is 1.18 bits per heavy atom. The van der Waals surface area contributed by atoms with Crippen molar-refractivity contribution in [2.75, 3.05) is 12.0 Å². The molecule has 2 aromatic rings. The number of rotatable bonds is 3. The minimum Gasteiger partial charge on any atom is -0.497 e. The van der Waals surface area contributed by atoms with Crippen molar-refractivity contribution in [3.63, 3.8) is 0 Å². The lowest BCUT2D eigenvalue weighted by molar-refractivity contribution is -0.113. The Bertz CT molecular complexity index is 762. The number of thiocarbonyl (C=S) groups is 1. The maximum atomic E-state index is 12.6. The number of hydrogen-bond acceptors (Lipinski definition) is 5. The molecule has 0 N–H and O–H groups in total. The van der Waals surface area contributed by atoms with Crippen LogP contribution in [0.2, 0.25) is 0 Å². The second-order valence-corrected chi connectivity index (χ2v) is 7.66. The highest BCUT2D eigenvalue weighted by molar-refractivity contribution is 8.27. The minimum atomic E-state index is -0.0776. The zero-order chi connectivity index (χ0) is 15.7. The van der Waals surface area contributed by atoms with Crippen LogP contribution in [0.25, 0.3) is 6.08 Å². The molecular weight excluding hydrogens is 334 g/mol. The maximum Gasteiger partial charge on any atom is 0.270 e. The van der Waals surface area contributed by atoms with Gasteiger partial charge in [-0.2, -0.15) is 0 Å². The van der Waals surface area contributed by atoms with Gasteiger partial charge in [-0.25, -0.2) is 0 Å². The first kappa shape index (κ1) is 15.3. The molecule has 1 saturated heterocycles. The fraction of sp³-hybridized carbons (Fsp3) is 0.125. The number of thioether (sulfide) groups is 1. The Balaban J connectivity index is 1.89. The fourth-order valence-corrected chi connectivity index (χ4v) is 4.27. The van der Waals surface area contributed by atoms with Crippen LogP contribution in [0, 0.1) is 6.92 Å². The number of thiophene rings is 1. The van der Waals surface area contributed by atoms with Crippen LogP contribution in [0.1, 0.15) is 9.75 Å². The highest BCUT2D eigenvalue weighted by Crippen LogP contribution is 2.37. The molecule has 22 heavy (non-hydrogen) atoms. The summed E-state index contributed by atoms with van der Waals surface area (Å²) in [5, 5.41) is 0. The predicted octanol–water partition coefficient (Wildman–Crippen LogP) is 4.47. The van der Waals surface area contributed by atoms with Gasteiger partial charge in [0.2, 0.25) is 0 Å². The number of methoxy groups -OCH3 is 1. The van der Waals surface area contributed by atoms with Crippen LogP contribution in [0.15, 0.2) is 41.3 Å².